The molecule has 2 aromatic rings. The summed E-state index contributed by atoms with van der Waals surface area (Å²) in [6.07, 6.45) is 0.476. The number of nitrogens with zero attached hydrogens (tertiary/aromatic N) is 1. The van der Waals surface area contributed by atoms with Gasteiger partial charge in [-0.2, -0.15) is 0 Å². The highest BCUT2D eigenvalue weighted by Gasteiger charge is 2.30. The quantitative estimate of drug-likeness (QED) is 0.617. The number of nitrogens with one attached hydrogen (secondary N) is 1. The van der Waals surface area contributed by atoms with Crippen LogP contribution in [0.5, 0.6) is 11.5 Å². The molecule has 0 spiro atoms. The zero-order valence-electron chi connectivity index (χ0n) is 18.8. The van der Waals surface area contributed by atoms with Gasteiger partial charge in [-0.1, -0.05) is 30.7 Å². The molecule has 0 unspecified atom stereocenters. The number of halogens is 1. The first-order valence-electron chi connectivity index (χ1n) is 10.3. The highest BCUT2D eigenvalue weighted by Crippen LogP contribution is 2.19. The van der Waals surface area contributed by atoms with Gasteiger partial charge in [0.25, 0.3) is 5.91 Å². The van der Waals surface area contributed by atoms with Crippen molar-refractivity contribution in [2.75, 3.05) is 13.7 Å². The zero-order chi connectivity index (χ0) is 23.0. The molecule has 2 rings (SSSR count). The smallest absolute Gasteiger partial charge is 0.261 e. The van der Waals surface area contributed by atoms with E-state index in [9.17, 15) is 9.59 Å². The van der Waals surface area contributed by atoms with Crippen molar-refractivity contribution in [1.82, 2.24) is 10.2 Å². The molecular weight excluding hydrogens is 416 g/mol. The summed E-state index contributed by atoms with van der Waals surface area (Å²) in [5.41, 5.74) is 0.475. The molecule has 0 fully saturated rings. The summed E-state index contributed by atoms with van der Waals surface area (Å²) in [5, 5.41) is 3.59. The van der Waals surface area contributed by atoms with Gasteiger partial charge < -0.3 is 19.7 Å². The summed E-state index contributed by atoms with van der Waals surface area (Å²) in [7, 11) is 1.58. The summed E-state index contributed by atoms with van der Waals surface area (Å²) in [6.45, 7) is 7.72. The number of amides is 2. The first-order valence-corrected chi connectivity index (χ1v) is 10.6. The normalized spacial score (nSPS) is 12.1. The summed E-state index contributed by atoms with van der Waals surface area (Å²) in [5.74, 6) is 0.782. The van der Waals surface area contributed by atoms with Crippen LogP contribution in [0.3, 0.4) is 0 Å². The maximum atomic E-state index is 13.2. The predicted molar refractivity (Wildman–Crippen MR) is 122 cm³/mol. The molecule has 6 nitrogen and oxygen atoms in total. The Hall–Kier alpha value is -2.73. The first-order chi connectivity index (χ1) is 14.6. The van der Waals surface area contributed by atoms with Gasteiger partial charge >= 0.3 is 0 Å². The van der Waals surface area contributed by atoms with Crippen LogP contribution in [0.2, 0.25) is 5.02 Å². The molecule has 0 aliphatic rings. The third kappa shape index (κ3) is 7.79. The second-order valence-electron chi connectivity index (χ2n) is 8.28. The van der Waals surface area contributed by atoms with Gasteiger partial charge in [-0.05, 0) is 69.2 Å². The molecular formula is C24H31ClN2O4. The van der Waals surface area contributed by atoms with E-state index in [0.717, 1.165) is 5.56 Å². The monoisotopic (exact) mass is 446 g/mol. The average molecular weight is 447 g/mol. The minimum atomic E-state index is -0.623. The third-order valence-corrected chi connectivity index (χ3v) is 4.82. The van der Waals surface area contributed by atoms with Crippen LogP contribution < -0.4 is 14.8 Å². The van der Waals surface area contributed by atoms with Gasteiger partial charge in [-0.3, -0.25) is 9.59 Å². The predicted octanol–water partition coefficient (Wildman–Crippen LogP) is 4.45. The van der Waals surface area contributed by atoms with E-state index < -0.39 is 11.6 Å². The van der Waals surface area contributed by atoms with Crippen molar-refractivity contribution < 1.29 is 19.1 Å². The van der Waals surface area contributed by atoms with Crippen molar-refractivity contribution in [3.63, 3.8) is 0 Å². The fourth-order valence-corrected chi connectivity index (χ4v) is 3.18. The standard InChI is InChI=1S/C24H31ClN2O4/c1-6-21(23(29)26-24(2,3)4)27(15-17-7-9-18(25)10-8-17)22(28)16-31-20-13-11-19(30-5)12-14-20/h7-14,21H,6,15-16H2,1-5H3,(H,26,29)/t21-/m1/s1. The van der Waals surface area contributed by atoms with Gasteiger partial charge in [0.1, 0.15) is 17.5 Å². The van der Waals surface area contributed by atoms with Gasteiger partial charge in [0.15, 0.2) is 6.61 Å². The van der Waals surface area contributed by atoms with Crippen molar-refractivity contribution in [3.8, 4) is 11.5 Å². The van der Waals surface area contributed by atoms with Crippen molar-refractivity contribution in [1.29, 1.82) is 0 Å². The van der Waals surface area contributed by atoms with Crippen molar-refractivity contribution in [3.05, 3.63) is 59.1 Å². The van der Waals surface area contributed by atoms with Crippen molar-refractivity contribution in [2.24, 2.45) is 0 Å². The minimum absolute atomic E-state index is 0.181. The van der Waals surface area contributed by atoms with Gasteiger partial charge in [-0.25, -0.2) is 0 Å². The molecule has 31 heavy (non-hydrogen) atoms. The molecule has 2 aromatic carbocycles. The average Bonchev–Trinajstić information content (AvgIpc) is 2.72. The Morgan fingerprint density at radius 2 is 1.61 bits per heavy atom. The zero-order valence-corrected chi connectivity index (χ0v) is 19.5. The molecule has 7 heteroatoms. The van der Waals surface area contributed by atoms with Gasteiger partial charge in [0.2, 0.25) is 5.91 Å². The summed E-state index contributed by atoms with van der Waals surface area (Å²) in [6, 6.07) is 13.6. The molecule has 0 bridgehead atoms. The number of carbonyl (C=O) groups is 2. The van der Waals surface area contributed by atoms with E-state index in [1.54, 1.807) is 48.4 Å². The number of rotatable bonds is 9. The van der Waals surface area contributed by atoms with E-state index in [1.807, 2.05) is 39.8 Å². The van der Waals surface area contributed by atoms with Crippen molar-refractivity contribution in [2.45, 2.75) is 52.2 Å². The van der Waals surface area contributed by atoms with Crippen LogP contribution in [0, 0.1) is 0 Å². The molecule has 0 heterocycles. The lowest BCUT2D eigenvalue weighted by Crippen LogP contribution is -2.54. The summed E-state index contributed by atoms with van der Waals surface area (Å²) in [4.78, 5) is 27.7. The highest BCUT2D eigenvalue weighted by atomic mass is 35.5. The largest absolute Gasteiger partial charge is 0.497 e. The van der Waals surface area contributed by atoms with Crippen LogP contribution in [0.15, 0.2) is 48.5 Å². The van der Waals surface area contributed by atoms with Gasteiger partial charge in [0.05, 0.1) is 7.11 Å². The maximum absolute atomic E-state index is 13.2. The number of carbonyl (C=O) groups excluding carboxylic acids is 2. The van der Waals surface area contributed by atoms with E-state index >= 15 is 0 Å². The molecule has 2 amide bonds. The van der Waals surface area contributed by atoms with Crippen LogP contribution in [0.25, 0.3) is 0 Å². The number of methoxy groups -OCH3 is 1. The molecule has 168 valence electrons. The number of ether oxygens (including phenoxy) is 2. The SMILES string of the molecule is CC[C@H](C(=O)NC(C)(C)C)N(Cc1ccc(Cl)cc1)C(=O)COc1ccc(OC)cc1. The maximum Gasteiger partial charge on any atom is 0.261 e. The Balaban J connectivity index is 2.20. The third-order valence-electron chi connectivity index (χ3n) is 4.57. The Morgan fingerprint density at radius 3 is 2.13 bits per heavy atom. The Morgan fingerprint density at radius 1 is 1.03 bits per heavy atom. The van der Waals surface area contributed by atoms with E-state index in [4.69, 9.17) is 21.1 Å². The van der Waals surface area contributed by atoms with Crippen LogP contribution >= 0.6 is 11.6 Å². The van der Waals surface area contributed by atoms with E-state index in [2.05, 4.69) is 5.32 Å². The fraction of sp³-hybridized carbons (Fsp3) is 0.417. The Kier molecular flexibility index (Phi) is 8.75. The molecule has 1 atom stereocenters. The lowest BCUT2D eigenvalue weighted by Gasteiger charge is -2.33. The van der Waals surface area contributed by atoms with Crippen LogP contribution in [0.4, 0.5) is 0 Å². The minimum Gasteiger partial charge on any atom is -0.497 e. The molecule has 1 N–H and O–H groups in total. The highest BCUT2D eigenvalue weighted by molar-refractivity contribution is 6.30. The topological polar surface area (TPSA) is 67.9 Å². The lowest BCUT2D eigenvalue weighted by molar-refractivity contribution is -0.143. The van der Waals surface area contributed by atoms with Crippen LogP contribution in [-0.4, -0.2) is 42.0 Å². The summed E-state index contributed by atoms with van der Waals surface area (Å²) < 4.78 is 10.8. The van der Waals surface area contributed by atoms with Gasteiger partial charge in [0, 0.05) is 17.1 Å². The molecule has 0 aromatic heterocycles. The molecule has 0 aliphatic heterocycles. The number of hydrogen-bond donors (Lipinski definition) is 1. The Labute approximate surface area is 189 Å². The van der Waals surface area contributed by atoms with E-state index in [-0.39, 0.29) is 25.0 Å². The van der Waals surface area contributed by atoms with Crippen molar-refractivity contribution >= 4 is 23.4 Å². The lowest BCUT2D eigenvalue weighted by atomic mass is 10.1. The Bertz CT molecular complexity index is 861. The van der Waals surface area contributed by atoms with Gasteiger partial charge in [-0.15, -0.1) is 0 Å². The number of benzene rings is 2. The summed E-state index contributed by atoms with van der Waals surface area (Å²) >= 11 is 5.99. The molecule has 0 saturated heterocycles. The first kappa shape index (κ1) is 24.5. The fourth-order valence-electron chi connectivity index (χ4n) is 3.06. The second kappa shape index (κ2) is 11.0. The van der Waals surface area contributed by atoms with Crippen LogP contribution in [0.1, 0.15) is 39.7 Å². The van der Waals surface area contributed by atoms with E-state index in [0.29, 0.717) is 22.9 Å². The molecule has 0 radical (unpaired) electrons. The number of hydrogen-bond acceptors (Lipinski definition) is 4. The van der Waals surface area contributed by atoms with E-state index in [1.165, 1.54) is 0 Å². The molecule has 0 saturated carbocycles. The van der Waals surface area contributed by atoms with Crippen LogP contribution in [-0.2, 0) is 16.1 Å². The second-order valence-corrected chi connectivity index (χ2v) is 8.71. The molecule has 0 aliphatic carbocycles.